The summed E-state index contributed by atoms with van der Waals surface area (Å²) in [6, 6.07) is 20.3. The number of hydrogen-bond donors (Lipinski definition) is 2. The molecule has 2 amide bonds. The van der Waals surface area contributed by atoms with Crippen LogP contribution >= 0.6 is 11.3 Å². The molecule has 0 radical (unpaired) electrons. The second kappa shape index (κ2) is 11.6. The lowest BCUT2D eigenvalue weighted by Gasteiger charge is -2.30. The number of sulfone groups is 1. The summed E-state index contributed by atoms with van der Waals surface area (Å²) in [6.07, 6.45) is 1.83. The van der Waals surface area contributed by atoms with Gasteiger partial charge in [-0.3, -0.25) is 10.0 Å². The highest BCUT2D eigenvalue weighted by Gasteiger charge is 2.50. The zero-order valence-corrected chi connectivity index (χ0v) is 23.0. The summed E-state index contributed by atoms with van der Waals surface area (Å²) >= 11 is 1.26. The Morgan fingerprint density at radius 3 is 2.50 bits per heavy atom. The monoisotopic (exact) mass is 581 g/mol. The maximum Gasteiger partial charge on any atom is 0.410 e. The summed E-state index contributed by atoms with van der Waals surface area (Å²) < 4.78 is 36.7. The van der Waals surface area contributed by atoms with Crippen LogP contribution in [-0.4, -0.2) is 54.4 Å². The second-order valence-corrected chi connectivity index (χ2v) is 12.9. The number of thiophene rings is 1. The van der Waals surface area contributed by atoms with Crippen LogP contribution in [0.5, 0.6) is 0 Å². The molecule has 0 saturated carbocycles. The first-order chi connectivity index (χ1) is 19.3. The molecular weight excluding hydrogens is 554 g/mol. The number of ether oxygens (including phenoxy) is 1. The topological polar surface area (TPSA) is 139 Å². The molecule has 0 bridgehead atoms. The van der Waals surface area contributed by atoms with E-state index in [4.69, 9.17) is 9.15 Å². The van der Waals surface area contributed by atoms with Crippen molar-refractivity contribution in [3.05, 3.63) is 89.8 Å². The van der Waals surface area contributed by atoms with E-state index >= 15 is 0 Å². The van der Waals surface area contributed by atoms with E-state index in [9.17, 15) is 23.2 Å². The zero-order chi connectivity index (χ0) is 28.2. The number of nitrogens with one attached hydrogen (secondary N) is 1. The Morgan fingerprint density at radius 1 is 1.05 bits per heavy atom. The molecule has 12 heteroatoms. The van der Waals surface area contributed by atoms with Gasteiger partial charge in [-0.1, -0.05) is 54.6 Å². The molecule has 10 nitrogen and oxygen atoms in total. The Bertz CT molecular complexity index is 1570. The number of amides is 2. The van der Waals surface area contributed by atoms with Crippen molar-refractivity contribution >= 4 is 33.2 Å². The Morgan fingerprint density at radius 2 is 1.80 bits per heavy atom. The average Bonchev–Trinajstić information content (AvgIpc) is 3.67. The summed E-state index contributed by atoms with van der Waals surface area (Å²) in [5.74, 6) is -0.551. The Hall–Kier alpha value is -4.00. The summed E-state index contributed by atoms with van der Waals surface area (Å²) in [6.45, 7) is 0.0505. The number of nitrogens with zero attached hydrogens (tertiary/aromatic N) is 2. The van der Waals surface area contributed by atoms with E-state index in [1.807, 2.05) is 60.7 Å². The molecule has 0 spiro atoms. The first-order valence-electron chi connectivity index (χ1n) is 12.5. The molecule has 2 aromatic heterocycles. The van der Waals surface area contributed by atoms with Gasteiger partial charge >= 0.3 is 6.09 Å². The lowest BCUT2D eigenvalue weighted by Crippen LogP contribution is -2.41. The predicted octanol–water partition coefficient (Wildman–Crippen LogP) is 4.62. The van der Waals surface area contributed by atoms with Crippen molar-refractivity contribution in [1.82, 2.24) is 15.4 Å². The van der Waals surface area contributed by atoms with Crippen LogP contribution in [0.25, 0.3) is 21.8 Å². The third-order valence-corrected chi connectivity index (χ3v) is 10.9. The zero-order valence-electron chi connectivity index (χ0n) is 21.4. The van der Waals surface area contributed by atoms with Crippen LogP contribution in [0.15, 0.2) is 83.7 Å². The Labute approximate surface area is 235 Å². The molecule has 4 aromatic rings. The van der Waals surface area contributed by atoms with Crippen LogP contribution in [-0.2, 0) is 30.7 Å². The maximum atomic E-state index is 13.8. The van der Waals surface area contributed by atoms with Crippen molar-refractivity contribution in [2.24, 2.45) is 0 Å². The van der Waals surface area contributed by atoms with Crippen molar-refractivity contribution in [1.29, 1.82) is 0 Å². The van der Waals surface area contributed by atoms with Gasteiger partial charge in [0.2, 0.25) is 5.91 Å². The van der Waals surface area contributed by atoms with E-state index in [1.54, 1.807) is 17.7 Å². The summed E-state index contributed by atoms with van der Waals surface area (Å²) in [7, 11) is -3.95. The van der Waals surface area contributed by atoms with Gasteiger partial charge in [0.05, 0.1) is 18.4 Å². The van der Waals surface area contributed by atoms with E-state index in [0.29, 0.717) is 10.6 Å². The molecule has 3 heterocycles. The highest BCUT2D eigenvalue weighted by atomic mass is 32.2. The lowest BCUT2D eigenvalue weighted by atomic mass is 9.97. The van der Waals surface area contributed by atoms with Crippen LogP contribution in [0.4, 0.5) is 4.79 Å². The number of rotatable bonds is 7. The quantitative estimate of drug-likeness (QED) is 0.238. The summed E-state index contributed by atoms with van der Waals surface area (Å²) in [5.41, 5.74) is 4.10. The number of aromatic nitrogens is 1. The van der Waals surface area contributed by atoms with Gasteiger partial charge in [-0.25, -0.2) is 23.7 Å². The van der Waals surface area contributed by atoms with Crippen molar-refractivity contribution < 1.29 is 32.4 Å². The highest BCUT2D eigenvalue weighted by Crippen LogP contribution is 2.45. The lowest BCUT2D eigenvalue weighted by molar-refractivity contribution is -0.129. The van der Waals surface area contributed by atoms with Crippen LogP contribution in [0, 0.1) is 0 Å². The van der Waals surface area contributed by atoms with E-state index in [2.05, 4.69) is 4.98 Å². The van der Waals surface area contributed by atoms with Gasteiger partial charge in [0.1, 0.15) is 11.4 Å². The van der Waals surface area contributed by atoms with Gasteiger partial charge in [0, 0.05) is 28.4 Å². The number of carbonyl (C=O) groups excluding carboxylic acids is 2. The fourth-order valence-corrected chi connectivity index (χ4v) is 8.37. The smallest absolute Gasteiger partial charge is 0.410 e. The van der Waals surface area contributed by atoms with Crippen molar-refractivity contribution in [3.8, 4) is 21.8 Å². The van der Waals surface area contributed by atoms with Gasteiger partial charge < -0.3 is 14.1 Å². The molecule has 1 saturated heterocycles. The molecule has 1 atom stereocenters. The number of hydroxylamine groups is 1. The molecule has 2 aromatic carbocycles. The van der Waals surface area contributed by atoms with Gasteiger partial charge in [0.25, 0.3) is 0 Å². The van der Waals surface area contributed by atoms with E-state index in [1.165, 1.54) is 22.6 Å². The number of oxazole rings is 1. The van der Waals surface area contributed by atoms with Gasteiger partial charge in [-0.2, -0.15) is 0 Å². The Kier molecular flexibility index (Phi) is 8.01. The fraction of sp³-hybridized carbons (Fsp3) is 0.250. The average molecular weight is 582 g/mol. The number of benzene rings is 2. The van der Waals surface area contributed by atoms with E-state index in [-0.39, 0.29) is 31.9 Å². The van der Waals surface area contributed by atoms with Crippen LogP contribution in [0.2, 0.25) is 0 Å². The maximum absolute atomic E-state index is 13.8. The van der Waals surface area contributed by atoms with Crippen LogP contribution in [0.1, 0.15) is 23.3 Å². The molecule has 40 heavy (non-hydrogen) atoms. The molecule has 2 N–H and O–H groups in total. The normalized spacial score (nSPS) is 18.6. The van der Waals surface area contributed by atoms with Crippen LogP contribution < -0.4 is 5.48 Å². The number of carbonyl (C=O) groups is 2. The van der Waals surface area contributed by atoms with Crippen molar-refractivity contribution in [2.45, 2.75) is 24.2 Å². The predicted molar refractivity (Wildman–Crippen MR) is 148 cm³/mol. The van der Waals surface area contributed by atoms with E-state index < -0.39 is 33.0 Å². The minimum Gasteiger partial charge on any atom is -0.445 e. The van der Waals surface area contributed by atoms with Crippen molar-refractivity contribution in [3.63, 3.8) is 0 Å². The standard InChI is InChI=1S/C28H27N3O7S2/c32-26(30-34)16-28(25-11-10-24(39-25)22-8-6-21(7-9-22)23-17-29-19-38-23)12-13-31(14-15-40(28,35)36)27(33)37-18-20-4-2-1-3-5-20/h1-11,17,19,34H,12-16,18H2,(H,30,32). The van der Waals surface area contributed by atoms with Gasteiger partial charge in [-0.15, -0.1) is 11.3 Å². The molecule has 208 valence electrons. The summed E-state index contributed by atoms with van der Waals surface area (Å²) in [5, 5.41) is 9.29. The highest BCUT2D eigenvalue weighted by molar-refractivity contribution is 7.92. The number of hydrogen-bond acceptors (Lipinski definition) is 9. The third kappa shape index (κ3) is 5.64. The third-order valence-electron chi connectivity index (χ3n) is 6.99. The molecule has 5 rings (SSSR count). The molecule has 1 unspecified atom stereocenters. The molecular formula is C28H27N3O7S2. The SMILES string of the molecule is O=C(CC1(c2ccc(-c3ccc(-c4cnco4)cc3)s2)CCN(C(=O)OCc2ccccc2)CCS1(=O)=O)NO. The van der Waals surface area contributed by atoms with E-state index in [0.717, 1.165) is 21.6 Å². The minimum atomic E-state index is -3.95. The first kappa shape index (κ1) is 27.6. The van der Waals surface area contributed by atoms with Gasteiger partial charge in [-0.05, 0) is 29.7 Å². The Balaban J connectivity index is 1.40. The van der Waals surface area contributed by atoms with Crippen LogP contribution in [0.3, 0.4) is 0 Å². The minimum absolute atomic E-state index is 0.0342. The fourth-order valence-electron chi connectivity index (χ4n) is 4.76. The molecule has 1 aliphatic rings. The van der Waals surface area contributed by atoms with Crippen molar-refractivity contribution in [2.75, 3.05) is 18.8 Å². The largest absolute Gasteiger partial charge is 0.445 e. The van der Waals surface area contributed by atoms with Gasteiger partial charge in [0.15, 0.2) is 22.0 Å². The molecule has 0 aliphatic carbocycles. The first-order valence-corrected chi connectivity index (χ1v) is 15.0. The molecule has 1 aliphatic heterocycles. The summed E-state index contributed by atoms with van der Waals surface area (Å²) in [4.78, 5) is 31.8. The molecule has 1 fully saturated rings. The second-order valence-electron chi connectivity index (χ2n) is 9.41.